The van der Waals surface area contributed by atoms with Crippen molar-refractivity contribution >= 4 is 33.1 Å². The number of aryl methyl sites for hydroxylation is 3. The molecule has 1 fully saturated rings. The standard InChI is InChI=1S/C16H23N5O3S2/c1-11-8-15(19(3)18-11)20-7-5-6-14(16(20)22)21(26(4,23)24)9-13-10-25-12(2)17-13/h8,10,14H,5-7,9H2,1-4H3/t14-/m1/s1. The molecule has 0 saturated carbocycles. The minimum atomic E-state index is -3.57. The zero-order chi connectivity index (χ0) is 19.1. The van der Waals surface area contributed by atoms with E-state index in [1.807, 2.05) is 25.3 Å². The molecule has 0 unspecified atom stereocenters. The molecule has 0 aromatic carbocycles. The minimum absolute atomic E-state index is 0.109. The number of amides is 1. The lowest BCUT2D eigenvalue weighted by Crippen LogP contribution is -2.54. The molecule has 1 aliphatic heterocycles. The van der Waals surface area contributed by atoms with E-state index in [1.54, 1.807) is 16.6 Å². The van der Waals surface area contributed by atoms with Gasteiger partial charge in [-0.15, -0.1) is 11.3 Å². The predicted octanol–water partition coefficient (Wildman–Crippen LogP) is 1.45. The fraction of sp³-hybridized carbons (Fsp3) is 0.562. The van der Waals surface area contributed by atoms with E-state index in [2.05, 4.69) is 10.1 Å². The van der Waals surface area contributed by atoms with Crippen LogP contribution < -0.4 is 4.90 Å². The number of nitrogens with zero attached hydrogens (tertiary/aromatic N) is 5. The summed E-state index contributed by atoms with van der Waals surface area (Å²) in [7, 11) is -1.79. The van der Waals surface area contributed by atoms with Crippen molar-refractivity contribution in [3.63, 3.8) is 0 Å². The molecule has 142 valence electrons. The summed E-state index contributed by atoms with van der Waals surface area (Å²) in [5.41, 5.74) is 1.48. The first-order valence-electron chi connectivity index (χ1n) is 8.36. The van der Waals surface area contributed by atoms with Crippen LogP contribution in [0.5, 0.6) is 0 Å². The molecule has 1 atom stereocenters. The second kappa shape index (κ2) is 7.09. The van der Waals surface area contributed by atoms with Crippen LogP contribution in [0, 0.1) is 13.8 Å². The fourth-order valence-corrected chi connectivity index (χ4v) is 4.93. The van der Waals surface area contributed by atoms with Crippen molar-refractivity contribution in [2.45, 2.75) is 39.3 Å². The highest BCUT2D eigenvalue weighted by atomic mass is 32.2. The van der Waals surface area contributed by atoms with Gasteiger partial charge >= 0.3 is 0 Å². The normalized spacial score (nSPS) is 18.7. The van der Waals surface area contributed by atoms with Gasteiger partial charge < -0.3 is 0 Å². The first kappa shape index (κ1) is 19.0. The summed E-state index contributed by atoms with van der Waals surface area (Å²) in [4.78, 5) is 19.1. The average Bonchev–Trinajstić information content (AvgIpc) is 3.09. The molecule has 3 heterocycles. The fourth-order valence-electron chi connectivity index (χ4n) is 3.30. The summed E-state index contributed by atoms with van der Waals surface area (Å²) in [6, 6.07) is 1.12. The Balaban J connectivity index is 1.91. The van der Waals surface area contributed by atoms with Crippen molar-refractivity contribution in [1.29, 1.82) is 0 Å². The van der Waals surface area contributed by atoms with Gasteiger partial charge in [-0.1, -0.05) is 0 Å². The van der Waals surface area contributed by atoms with Crippen LogP contribution >= 0.6 is 11.3 Å². The minimum Gasteiger partial charge on any atom is -0.296 e. The van der Waals surface area contributed by atoms with Gasteiger partial charge in [0.15, 0.2) is 0 Å². The van der Waals surface area contributed by atoms with Crippen LogP contribution in [-0.2, 0) is 28.4 Å². The van der Waals surface area contributed by atoms with Crippen molar-refractivity contribution in [3.8, 4) is 0 Å². The number of rotatable bonds is 5. The van der Waals surface area contributed by atoms with E-state index in [4.69, 9.17) is 0 Å². The molecule has 1 amide bonds. The molecule has 0 radical (unpaired) electrons. The van der Waals surface area contributed by atoms with Gasteiger partial charge in [0, 0.05) is 25.0 Å². The third-order valence-corrected chi connectivity index (χ3v) is 6.48. The summed E-state index contributed by atoms with van der Waals surface area (Å²) < 4.78 is 27.8. The predicted molar refractivity (Wildman–Crippen MR) is 101 cm³/mol. The molecule has 2 aromatic rings. The van der Waals surface area contributed by atoms with Crippen LogP contribution in [0.3, 0.4) is 0 Å². The van der Waals surface area contributed by atoms with Gasteiger partial charge in [-0.25, -0.2) is 13.4 Å². The van der Waals surface area contributed by atoms with Gasteiger partial charge in [-0.2, -0.15) is 9.40 Å². The molecule has 8 nitrogen and oxygen atoms in total. The zero-order valence-corrected chi connectivity index (χ0v) is 17.0. The molecular formula is C16H23N5O3S2. The maximum atomic E-state index is 13.1. The van der Waals surface area contributed by atoms with E-state index < -0.39 is 16.1 Å². The van der Waals surface area contributed by atoms with Crippen molar-refractivity contribution in [2.24, 2.45) is 7.05 Å². The lowest BCUT2D eigenvalue weighted by atomic mass is 10.0. The summed E-state index contributed by atoms with van der Waals surface area (Å²) in [5.74, 6) is 0.479. The molecule has 1 saturated heterocycles. The van der Waals surface area contributed by atoms with Gasteiger partial charge in [0.2, 0.25) is 15.9 Å². The number of carbonyl (C=O) groups excluding carboxylic acids is 1. The number of thiazole rings is 1. The number of aromatic nitrogens is 3. The molecular weight excluding hydrogens is 374 g/mol. The quantitative estimate of drug-likeness (QED) is 0.762. The second-order valence-corrected chi connectivity index (χ2v) is 9.58. The first-order chi connectivity index (χ1) is 12.2. The Kier molecular flexibility index (Phi) is 5.18. The van der Waals surface area contributed by atoms with Crippen LogP contribution in [0.4, 0.5) is 5.82 Å². The number of sulfonamides is 1. The molecule has 0 N–H and O–H groups in total. The van der Waals surface area contributed by atoms with Gasteiger partial charge in [-0.05, 0) is 26.7 Å². The van der Waals surface area contributed by atoms with Crippen molar-refractivity contribution in [3.05, 3.63) is 27.8 Å². The Bertz CT molecular complexity index is 918. The molecule has 10 heteroatoms. The Morgan fingerprint density at radius 2 is 2.12 bits per heavy atom. The van der Waals surface area contributed by atoms with E-state index in [-0.39, 0.29) is 12.5 Å². The second-order valence-electron chi connectivity index (χ2n) is 6.58. The first-order valence-corrected chi connectivity index (χ1v) is 11.1. The SMILES string of the molecule is Cc1cc(N2CCC[C@@H](N(Cc3csc(C)n3)S(C)(=O)=O)C2=O)n(C)n1. The number of piperidine rings is 1. The number of hydrogen-bond acceptors (Lipinski definition) is 6. The van der Waals surface area contributed by atoms with Gasteiger partial charge in [-0.3, -0.25) is 14.4 Å². The van der Waals surface area contributed by atoms with Crippen molar-refractivity contribution < 1.29 is 13.2 Å². The molecule has 0 bridgehead atoms. The molecule has 3 rings (SSSR count). The van der Waals surface area contributed by atoms with Gasteiger partial charge in [0.1, 0.15) is 11.9 Å². The molecule has 0 spiro atoms. The number of anilines is 1. The maximum absolute atomic E-state index is 13.1. The largest absolute Gasteiger partial charge is 0.296 e. The highest BCUT2D eigenvalue weighted by molar-refractivity contribution is 7.88. The van der Waals surface area contributed by atoms with E-state index in [9.17, 15) is 13.2 Å². The Labute approximate surface area is 157 Å². The Morgan fingerprint density at radius 1 is 1.38 bits per heavy atom. The number of carbonyl (C=O) groups is 1. The van der Waals surface area contributed by atoms with E-state index in [0.29, 0.717) is 24.5 Å². The lowest BCUT2D eigenvalue weighted by molar-refractivity contribution is -0.123. The van der Waals surface area contributed by atoms with Gasteiger partial charge in [0.25, 0.3) is 0 Å². The lowest BCUT2D eigenvalue weighted by Gasteiger charge is -2.36. The monoisotopic (exact) mass is 397 g/mol. The maximum Gasteiger partial charge on any atom is 0.246 e. The number of hydrogen-bond donors (Lipinski definition) is 0. The zero-order valence-electron chi connectivity index (χ0n) is 15.3. The van der Waals surface area contributed by atoms with Crippen LogP contribution in [0.15, 0.2) is 11.4 Å². The third kappa shape index (κ3) is 3.81. The summed E-state index contributed by atoms with van der Waals surface area (Å²) in [6.45, 7) is 4.40. The molecule has 0 aliphatic carbocycles. The van der Waals surface area contributed by atoms with E-state index in [0.717, 1.165) is 23.4 Å². The Morgan fingerprint density at radius 3 is 2.65 bits per heavy atom. The van der Waals surface area contributed by atoms with Crippen LogP contribution in [0.1, 0.15) is 29.2 Å². The van der Waals surface area contributed by atoms with E-state index >= 15 is 0 Å². The third-order valence-electron chi connectivity index (χ3n) is 4.42. The highest BCUT2D eigenvalue weighted by Crippen LogP contribution is 2.26. The van der Waals surface area contributed by atoms with E-state index in [1.165, 1.54) is 15.6 Å². The van der Waals surface area contributed by atoms with Gasteiger partial charge in [0.05, 0.1) is 29.2 Å². The molecule has 1 aliphatic rings. The topological polar surface area (TPSA) is 88.4 Å². The smallest absolute Gasteiger partial charge is 0.246 e. The molecule has 2 aromatic heterocycles. The van der Waals surface area contributed by atoms with Crippen LogP contribution in [0.25, 0.3) is 0 Å². The van der Waals surface area contributed by atoms with Crippen molar-refractivity contribution in [1.82, 2.24) is 19.1 Å². The summed E-state index contributed by atoms with van der Waals surface area (Å²) in [6.07, 6.45) is 2.37. The highest BCUT2D eigenvalue weighted by Gasteiger charge is 2.39. The Hall–Kier alpha value is -1.78. The van der Waals surface area contributed by atoms with Crippen molar-refractivity contribution in [2.75, 3.05) is 17.7 Å². The van der Waals surface area contributed by atoms with Crippen LogP contribution in [-0.4, -0.2) is 52.2 Å². The summed E-state index contributed by atoms with van der Waals surface area (Å²) >= 11 is 1.47. The summed E-state index contributed by atoms with van der Waals surface area (Å²) in [5, 5.41) is 7.00. The average molecular weight is 398 g/mol. The molecule has 26 heavy (non-hydrogen) atoms. The van der Waals surface area contributed by atoms with Crippen LogP contribution in [0.2, 0.25) is 0 Å².